The highest BCUT2D eigenvalue weighted by molar-refractivity contribution is 5.82. The summed E-state index contributed by atoms with van der Waals surface area (Å²) in [5, 5.41) is 3.45. The summed E-state index contributed by atoms with van der Waals surface area (Å²) < 4.78 is 0. The molecule has 3 nitrogen and oxygen atoms in total. The summed E-state index contributed by atoms with van der Waals surface area (Å²) in [4.78, 5) is 15.0. The van der Waals surface area contributed by atoms with E-state index < -0.39 is 0 Å². The van der Waals surface area contributed by atoms with Crippen molar-refractivity contribution in [2.24, 2.45) is 17.8 Å². The molecule has 1 N–H and O–H groups in total. The van der Waals surface area contributed by atoms with Gasteiger partial charge < -0.3 is 10.2 Å². The Labute approximate surface area is 117 Å². The normalized spacial score (nSPS) is 36.9. The van der Waals surface area contributed by atoms with Gasteiger partial charge in [-0.05, 0) is 57.0 Å². The fourth-order valence-corrected chi connectivity index (χ4v) is 4.01. The SMILES string of the molecule is CC1CC1C(=O)N1CCCCCC1C1CCNCC1. The Hall–Kier alpha value is -0.570. The number of nitrogens with one attached hydrogen (secondary N) is 1. The van der Waals surface area contributed by atoms with E-state index in [0.29, 0.717) is 23.8 Å². The number of likely N-dealkylation sites (tertiary alicyclic amines) is 1. The van der Waals surface area contributed by atoms with Gasteiger partial charge in [-0.1, -0.05) is 19.8 Å². The molecule has 3 fully saturated rings. The van der Waals surface area contributed by atoms with Crippen molar-refractivity contribution in [2.45, 2.75) is 57.9 Å². The van der Waals surface area contributed by atoms with Crippen LogP contribution in [-0.4, -0.2) is 36.5 Å². The van der Waals surface area contributed by atoms with Gasteiger partial charge in [0.15, 0.2) is 0 Å². The van der Waals surface area contributed by atoms with Crippen LogP contribution in [0.15, 0.2) is 0 Å². The predicted octanol–water partition coefficient (Wildman–Crippen LogP) is 2.41. The third-order valence-corrected chi connectivity index (χ3v) is 5.44. The average Bonchev–Trinajstić information content (AvgIpc) is 3.20. The largest absolute Gasteiger partial charge is 0.339 e. The molecule has 1 aliphatic carbocycles. The quantitative estimate of drug-likeness (QED) is 0.830. The van der Waals surface area contributed by atoms with Gasteiger partial charge in [0.2, 0.25) is 5.91 Å². The zero-order chi connectivity index (χ0) is 13.2. The molecule has 1 saturated carbocycles. The van der Waals surface area contributed by atoms with Crippen LogP contribution < -0.4 is 5.32 Å². The molecule has 0 aromatic heterocycles. The van der Waals surface area contributed by atoms with Crippen LogP contribution in [0.5, 0.6) is 0 Å². The Balaban J connectivity index is 1.70. The molecule has 0 spiro atoms. The van der Waals surface area contributed by atoms with Crippen LogP contribution in [0.2, 0.25) is 0 Å². The number of amides is 1. The van der Waals surface area contributed by atoms with Gasteiger partial charge in [-0.2, -0.15) is 0 Å². The maximum absolute atomic E-state index is 12.7. The van der Waals surface area contributed by atoms with Gasteiger partial charge in [0.05, 0.1) is 0 Å². The van der Waals surface area contributed by atoms with Crippen molar-refractivity contribution in [3.63, 3.8) is 0 Å². The summed E-state index contributed by atoms with van der Waals surface area (Å²) in [6.45, 7) is 5.53. The second kappa shape index (κ2) is 5.82. The first kappa shape index (κ1) is 13.4. The maximum Gasteiger partial charge on any atom is 0.226 e. The Bertz CT molecular complexity index is 325. The highest BCUT2D eigenvalue weighted by Crippen LogP contribution is 2.41. The highest BCUT2D eigenvalue weighted by Gasteiger charge is 2.44. The van der Waals surface area contributed by atoms with Crippen molar-refractivity contribution in [3.8, 4) is 0 Å². The molecular formula is C16H28N2O. The molecule has 0 radical (unpaired) electrons. The third kappa shape index (κ3) is 2.96. The fourth-order valence-electron chi connectivity index (χ4n) is 4.01. The maximum atomic E-state index is 12.7. The first-order valence-corrected chi connectivity index (χ1v) is 8.28. The number of rotatable bonds is 2. The van der Waals surface area contributed by atoms with Crippen LogP contribution in [0.4, 0.5) is 0 Å². The predicted molar refractivity (Wildman–Crippen MR) is 76.8 cm³/mol. The lowest BCUT2D eigenvalue weighted by atomic mass is 9.86. The molecule has 3 unspecified atom stereocenters. The van der Waals surface area contributed by atoms with Crippen LogP contribution in [0.1, 0.15) is 51.9 Å². The summed E-state index contributed by atoms with van der Waals surface area (Å²) >= 11 is 0. The Morgan fingerprint density at radius 1 is 1.11 bits per heavy atom. The summed E-state index contributed by atoms with van der Waals surface area (Å²) in [6, 6.07) is 0.546. The molecule has 2 heterocycles. The summed E-state index contributed by atoms with van der Waals surface area (Å²) in [7, 11) is 0. The fraction of sp³-hybridized carbons (Fsp3) is 0.938. The van der Waals surface area contributed by atoms with E-state index in [0.717, 1.165) is 32.0 Å². The van der Waals surface area contributed by atoms with E-state index in [2.05, 4.69) is 17.1 Å². The Morgan fingerprint density at radius 2 is 1.84 bits per heavy atom. The second-order valence-electron chi connectivity index (χ2n) is 6.86. The van der Waals surface area contributed by atoms with Crippen molar-refractivity contribution in [2.75, 3.05) is 19.6 Å². The summed E-state index contributed by atoms with van der Waals surface area (Å²) in [6.07, 6.45) is 8.74. The second-order valence-corrected chi connectivity index (χ2v) is 6.86. The molecule has 1 amide bonds. The van der Waals surface area contributed by atoms with Crippen LogP contribution >= 0.6 is 0 Å². The van der Waals surface area contributed by atoms with Crippen LogP contribution in [0, 0.1) is 17.8 Å². The minimum atomic E-state index is 0.363. The lowest BCUT2D eigenvalue weighted by Crippen LogP contribution is -2.47. The lowest BCUT2D eigenvalue weighted by Gasteiger charge is -2.38. The van der Waals surface area contributed by atoms with Crippen molar-refractivity contribution in [3.05, 3.63) is 0 Å². The molecular weight excluding hydrogens is 236 g/mol. The highest BCUT2D eigenvalue weighted by atomic mass is 16.2. The molecule has 0 aromatic carbocycles. The number of piperidine rings is 1. The molecule has 108 valence electrons. The average molecular weight is 264 g/mol. The van der Waals surface area contributed by atoms with E-state index in [1.165, 1.54) is 38.5 Å². The topological polar surface area (TPSA) is 32.3 Å². The van der Waals surface area contributed by atoms with Gasteiger partial charge in [-0.15, -0.1) is 0 Å². The molecule has 0 aromatic rings. The molecule has 2 aliphatic heterocycles. The third-order valence-electron chi connectivity index (χ3n) is 5.44. The standard InChI is InChI=1S/C16H28N2O/c1-12-11-14(12)16(19)18-10-4-2-3-5-15(18)13-6-8-17-9-7-13/h12-15,17H,2-11H2,1H3. The number of carbonyl (C=O) groups is 1. The zero-order valence-electron chi connectivity index (χ0n) is 12.2. The van der Waals surface area contributed by atoms with E-state index >= 15 is 0 Å². The smallest absolute Gasteiger partial charge is 0.226 e. The van der Waals surface area contributed by atoms with Gasteiger partial charge >= 0.3 is 0 Å². The van der Waals surface area contributed by atoms with E-state index in [-0.39, 0.29) is 0 Å². The van der Waals surface area contributed by atoms with E-state index in [4.69, 9.17) is 0 Å². The molecule has 2 saturated heterocycles. The number of carbonyl (C=O) groups excluding carboxylic acids is 1. The van der Waals surface area contributed by atoms with E-state index in [9.17, 15) is 4.79 Å². The van der Waals surface area contributed by atoms with Crippen molar-refractivity contribution in [1.82, 2.24) is 10.2 Å². The first-order chi connectivity index (χ1) is 9.27. The van der Waals surface area contributed by atoms with E-state index in [1.807, 2.05) is 0 Å². The monoisotopic (exact) mass is 264 g/mol. The Kier molecular flexibility index (Phi) is 4.11. The molecule has 3 heteroatoms. The van der Waals surface area contributed by atoms with Gasteiger partial charge in [0, 0.05) is 18.5 Å². The molecule has 3 atom stereocenters. The van der Waals surface area contributed by atoms with Crippen molar-refractivity contribution < 1.29 is 4.79 Å². The number of nitrogens with zero attached hydrogens (tertiary/aromatic N) is 1. The number of hydrogen-bond donors (Lipinski definition) is 1. The van der Waals surface area contributed by atoms with Gasteiger partial charge in [0.25, 0.3) is 0 Å². The Morgan fingerprint density at radius 3 is 2.53 bits per heavy atom. The van der Waals surface area contributed by atoms with Crippen molar-refractivity contribution >= 4 is 5.91 Å². The molecule has 3 aliphatic rings. The molecule has 0 bridgehead atoms. The van der Waals surface area contributed by atoms with Gasteiger partial charge in [-0.25, -0.2) is 0 Å². The lowest BCUT2D eigenvalue weighted by molar-refractivity contribution is -0.136. The van der Waals surface area contributed by atoms with E-state index in [1.54, 1.807) is 0 Å². The van der Waals surface area contributed by atoms with Crippen LogP contribution in [-0.2, 0) is 4.79 Å². The van der Waals surface area contributed by atoms with Crippen molar-refractivity contribution in [1.29, 1.82) is 0 Å². The van der Waals surface area contributed by atoms with Gasteiger partial charge in [-0.3, -0.25) is 4.79 Å². The molecule has 19 heavy (non-hydrogen) atoms. The van der Waals surface area contributed by atoms with Crippen LogP contribution in [0.25, 0.3) is 0 Å². The minimum absolute atomic E-state index is 0.363. The summed E-state index contributed by atoms with van der Waals surface area (Å²) in [5.74, 6) is 2.24. The minimum Gasteiger partial charge on any atom is -0.339 e. The number of hydrogen-bond acceptors (Lipinski definition) is 2. The van der Waals surface area contributed by atoms with Crippen LogP contribution in [0.3, 0.4) is 0 Å². The first-order valence-electron chi connectivity index (χ1n) is 8.28. The summed E-state index contributed by atoms with van der Waals surface area (Å²) in [5.41, 5.74) is 0. The van der Waals surface area contributed by atoms with Gasteiger partial charge in [0.1, 0.15) is 0 Å². The molecule has 3 rings (SSSR count). The zero-order valence-corrected chi connectivity index (χ0v) is 12.2.